The molecule has 0 atom stereocenters. The molecule has 96 valence electrons. The van der Waals surface area contributed by atoms with Crippen LogP contribution in [0.3, 0.4) is 0 Å². The number of methoxy groups -OCH3 is 1. The van der Waals surface area contributed by atoms with Gasteiger partial charge in [0.2, 0.25) is 0 Å². The standard InChI is InChI=1S/C15H19NO2/c1-17-12-5-6-13-11(9-12)10-14(18-13)15(16)7-3-2-4-8-15/h5-6,9-10H,2-4,7-8,16H2,1H3. The van der Waals surface area contributed by atoms with Gasteiger partial charge in [0.1, 0.15) is 17.1 Å². The average Bonchev–Trinajstić information content (AvgIpc) is 2.83. The van der Waals surface area contributed by atoms with Gasteiger partial charge in [-0.3, -0.25) is 0 Å². The highest BCUT2D eigenvalue weighted by molar-refractivity contribution is 5.79. The Hall–Kier alpha value is -1.48. The highest BCUT2D eigenvalue weighted by atomic mass is 16.5. The number of nitrogens with two attached hydrogens (primary N) is 1. The van der Waals surface area contributed by atoms with E-state index in [4.69, 9.17) is 14.9 Å². The quantitative estimate of drug-likeness (QED) is 0.880. The number of ether oxygens (including phenoxy) is 1. The molecule has 1 saturated carbocycles. The van der Waals surface area contributed by atoms with Crippen molar-refractivity contribution in [2.75, 3.05) is 7.11 Å². The van der Waals surface area contributed by atoms with Crippen LogP contribution in [0.15, 0.2) is 28.7 Å². The number of hydrogen-bond acceptors (Lipinski definition) is 3. The van der Waals surface area contributed by atoms with E-state index in [2.05, 4.69) is 6.07 Å². The van der Waals surface area contributed by atoms with Crippen LogP contribution in [0.5, 0.6) is 5.75 Å². The Morgan fingerprint density at radius 1 is 1.17 bits per heavy atom. The molecule has 18 heavy (non-hydrogen) atoms. The molecule has 1 heterocycles. The van der Waals surface area contributed by atoms with Crippen molar-refractivity contribution in [1.82, 2.24) is 0 Å². The summed E-state index contributed by atoms with van der Waals surface area (Å²) in [5.74, 6) is 1.77. The van der Waals surface area contributed by atoms with Gasteiger partial charge >= 0.3 is 0 Å². The van der Waals surface area contributed by atoms with E-state index in [1.54, 1.807) is 7.11 Å². The van der Waals surface area contributed by atoms with E-state index in [-0.39, 0.29) is 5.54 Å². The topological polar surface area (TPSA) is 48.4 Å². The first-order valence-electron chi connectivity index (χ1n) is 6.58. The molecule has 0 spiro atoms. The van der Waals surface area contributed by atoms with Gasteiger partial charge in [0, 0.05) is 5.39 Å². The van der Waals surface area contributed by atoms with Gasteiger partial charge in [-0.2, -0.15) is 0 Å². The van der Waals surface area contributed by atoms with Crippen molar-refractivity contribution in [2.45, 2.75) is 37.6 Å². The number of fused-ring (bicyclic) bond motifs is 1. The third kappa shape index (κ3) is 1.89. The van der Waals surface area contributed by atoms with Gasteiger partial charge in [-0.25, -0.2) is 0 Å². The van der Waals surface area contributed by atoms with E-state index in [1.165, 1.54) is 19.3 Å². The molecule has 3 nitrogen and oxygen atoms in total. The maximum atomic E-state index is 6.49. The van der Waals surface area contributed by atoms with Crippen LogP contribution in [0.25, 0.3) is 11.0 Å². The molecule has 1 fully saturated rings. The van der Waals surface area contributed by atoms with E-state index in [9.17, 15) is 0 Å². The van der Waals surface area contributed by atoms with Gasteiger partial charge in [0.05, 0.1) is 12.6 Å². The summed E-state index contributed by atoms with van der Waals surface area (Å²) in [6, 6.07) is 7.93. The molecule has 0 amide bonds. The Bertz CT molecular complexity index is 553. The minimum atomic E-state index is -0.273. The highest BCUT2D eigenvalue weighted by Crippen LogP contribution is 2.37. The molecule has 0 aliphatic heterocycles. The normalized spacial score (nSPS) is 19.0. The van der Waals surface area contributed by atoms with Gasteiger partial charge in [0.15, 0.2) is 0 Å². The maximum absolute atomic E-state index is 6.49. The molecule has 2 aromatic rings. The largest absolute Gasteiger partial charge is 0.497 e. The van der Waals surface area contributed by atoms with Crippen molar-refractivity contribution < 1.29 is 9.15 Å². The molecule has 0 unspecified atom stereocenters. The van der Waals surface area contributed by atoms with Crippen molar-refractivity contribution in [2.24, 2.45) is 5.73 Å². The summed E-state index contributed by atoms with van der Waals surface area (Å²) in [6.07, 6.45) is 5.70. The number of hydrogen-bond donors (Lipinski definition) is 1. The predicted octanol–water partition coefficient (Wildman–Crippen LogP) is 3.56. The van der Waals surface area contributed by atoms with Crippen molar-refractivity contribution in [3.8, 4) is 5.75 Å². The Morgan fingerprint density at radius 3 is 2.67 bits per heavy atom. The van der Waals surface area contributed by atoms with Gasteiger partial charge in [-0.05, 0) is 37.1 Å². The van der Waals surface area contributed by atoms with Gasteiger partial charge in [0.25, 0.3) is 0 Å². The van der Waals surface area contributed by atoms with E-state index >= 15 is 0 Å². The fourth-order valence-corrected chi connectivity index (χ4v) is 2.82. The lowest BCUT2D eigenvalue weighted by Crippen LogP contribution is -2.38. The lowest BCUT2D eigenvalue weighted by molar-refractivity contribution is 0.257. The van der Waals surface area contributed by atoms with Crippen LogP contribution in [0.2, 0.25) is 0 Å². The van der Waals surface area contributed by atoms with E-state index in [0.29, 0.717) is 0 Å². The number of benzene rings is 1. The maximum Gasteiger partial charge on any atom is 0.134 e. The van der Waals surface area contributed by atoms with Crippen LogP contribution in [-0.4, -0.2) is 7.11 Å². The molecule has 2 N–H and O–H groups in total. The molecule has 1 aliphatic carbocycles. The smallest absolute Gasteiger partial charge is 0.134 e. The molecule has 0 bridgehead atoms. The average molecular weight is 245 g/mol. The molecule has 3 rings (SSSR count). The van der Waals surface area contributed by atoms with Crippen LogP contribution < -0.4 is 10.5 Å². The monoisotopic (exact) mass is 245 g/mol. The zero-order valence-corrected chi connectivity index (χ0v) is 10.7. The van der Waals surface area contributed by atoms with Gasteiger partial charge < -0.3 is 14.9 Å². The summed E-state index contributed by atoms with van der Waals surface area (Å²) in [5, 5.41) is 1.07. The van der Waals surface area contributed by atoms with Crippen LogP contribution in [0.4, 0.5) is 0 Å². The molecule has 1 aliphatic rings. The van der Waals surface area contributed by atoms with Crippen LogP contribution >= 0.6 is 0 Å². The Labute approximate surface area is 107 Å². The SMILES string of the molecule is COc1ccc2oc(C3(N)CCCCC3)cc2c1. The Balaban J connectivity index is 2.02. The van der Waals surface area contributed by atoms with E-state index in [1.807, 2.05) is 18.2 Å². The summed E-state index contributed by atoms with van der Waals surface area (Å²) >= 11 is 0. The fourth-order valence-electron chi connectivity index (χ4n) is 2.82. The second kappa shape index (κ2) is 4.32. The summed E-state index contributed by atoms with van der Waals surface area (Å²) in [5.41, 5.74) is 7.11. The summed E-state index contributed by atoms with van der Waals surface area (Å²) < 4.78 is 11.2. The van der Waals surface area contributed by atoms with Gasteiger partial charge in [-0.15, -0.1) is 0 Å². The molecular weight excluding hydrogens is 226 g/mol. The number of rotatable bonds is 2. The zero-order chi connectivity index (χ0) is 12.6. The third-order valence-electron chi connectivity index (χ3n) is 3.96. The lowest BCUT2D eigenvalue weighted by Gasteiger charge is -2.31. The van der Waals surface area contributed by atoms with Crippen LogP contribution in [0.1, 0.15) is 37.9 Å². The van der Waals surface area contributed by atoms with Crippen LogP contribution in [-0.2, 0) is 5.54 Å². The summed E-state index contributed by atoms with van der Waals surface area (Å²) in [6.45, 7) is 0. The molecule has 0 radical (unpaired) electrons. The summed E-state index contributed by atoms with van der Waals surface area (Å²) in [4.78, 5) is 0. The van der Waals surface area contributed by atoms with Crippen molar-refractivity contribution in [1.29, 1.82) is 0 Å². The van der Waals surface area contributed by atoms with Crippen LogP contribution in [0, 0.1) is 0 Å². The fraction of sp³-hybridized carbons (Fsp3) is 0.467. The zero-order valence-electron chi connectivity index (χ0n) is 10.7. The molecular formula is C15H19NO2. The first-order chi connectivity index (χ1) is 8.71. The minimum absolute atomic E-state index is 0.273. The second-order valence-electron chi connectivity index (χ2n) is 5.23. The Kier molecular flexibility index (Phi) is 2.78. The predicted molar refractivity (Wildman–Crippen MR) is 71.7 cm³/mol. The van der Waals surface area contributed by atoms with Crippen molar-refractivity contribution >= 4 is 11.0 Å². The summed E-state index contributed by atoms with van der Waals surface area (Å²) in [7, 11) is 1.67. The molecule has 0 saturated heterocycles. The minimum Gasteiger partial charge on any atom is -0.497 e. The van der Waals surface area contributed by atoms with Crippen molar-refractivity contribution in [3.05, 3.63) is 30.0 Å². The molecule has 1 aromatic heterocycles. The first kappa shape index (κ1) is 11.6. The van der Waals surface area contributed by atoms with E-state index in [0.717, 1.165) is 35.3 Å². The number of furan rings is 1. The molecule has 1 aromatic carbocycles. The lowest BCUT2D eigenvalue weighted by atomic mass is 9.81. The molecule has 3 heteroatoms. The third-order valence-corrected chi connectivity index (χ3v) is 3.96. The van der Waals surface area contributed by atoms with E-state index < -0.39 is 0 Å². The van der Waals surface area contributed by atoms with Gasteiger partial charge in [-0.1, -0.05) is 19.3 Å². The van der Waals surface area contributed by atoms with Crippen molar-refractivity contribution in [3.63, 3.8) is 0 Å². The Morgan fingerprint density at radius 2 is 1.94 bits per heavy atom. The first-order valence-corrected chi connectivity index (χ1v) is 6.58. The second-order valence-corrected chi connectivity index (χ2v) is 5.23. The highest BCUT2D eigenvalue weighted by Gasteiger charge is 2.32.